The number of amides is 2. The van der Waals surface area contributed by atoms with Crippen LogP contribution in [0.25, 0.3) is 21.7 Å². The zero-order valence-electron chi connectivity index (χ0n) is 25.6. The third-order valence-corrected chi connectivity index (χ3v) is 6.94. The number of halogens is 4. The quantitative estimate of drug-likeness (QED) is 0.0799. The minimum Gasteiger partial charge on any atom is -0.506 e. The third-order valence-electron chi connectivity index (χ3n) is 6.71. The van der Waals surface area contributed by atoms with Crippen molar-refractivity contribution in [1.29, 1.82) is 0 Å². The van der Waals surface area contributed by atoms with Gasteiger partial charge in [0.05, 0.1) is 29.9 Å². The standard InChI is InChI=1S/C32H29ClN4O5.C2HF3O2/c33-23-10-11-27(28(38)19-23)36-31(40)25-17-22-8-3-4-9-26(22)37-32(25)42-15-13-35-30(39)24-16-20-6-1-2-7-21(20)18-29(24)41-14-5-12-34;3-2(4,5)1(6)7/h1-4,6-11,16-19,38H,5,12-15,34H2,(H,35,39)(H,36,40);(H,6,7). The molecule has 0 saturated carbocycles. The highest BCUT2D eigenvalue weighted by Crippen LogP contribution is 2.30. The second-order valence-electron chi connectivity index (χ2n) is 10.2. The van der Waals surface area contributed by atoms with Crippen LogP contribution in [-0.4, -0.2) is 65.5 Å². The monoisotopic (exact) mass is 698 g/mol. The summed E-state index contributed by atoms with van der Waals surface area (Å²) in [5, 5.41) is 25.8. The van der Waals surface area contributed by atoms with Gasteiger partial charge in [0.25, 0.3) is 11.8 Å². The molecule has 256 valence electrons. The Labute approximate surface area is 282 Å². The number of alkyl halides is 3. The molecule has 2 amide bonds. The van der Waals surface area contributed by atoms with Crippen LogP contribution in [0.4, 0.5) is 18.9 Å². The van der Waals surface area contributed by atoms with Gasteiger partial charge >= 0.3 is 12.1 Å². The molecule has 0 aliphatic carbocycles. The molecule has 5 aromatic rings. The molecular weight excluding hydrogens is 669 g/mol. The van der Waals surface area contributed by atoms with Gasteiger partial charge in [-0.25, -0.2) is 9.78 Å². The Balaban J connectivity index is 0.000000698. The van der Waals surface area contributed by atoms with Crippen molar-refractivity contribution in [3.8, 4) is 17.4 Å². The fourth-order valence-corrected chi connectivity index (χ4v) is 4.53. The van der Waals surface area contributed by atoms with E-state index >= 15 is 0 Å². The van der Waals surface area contributed by atoms with Crippen molar-refractivity contribution < 1.29 is 47.2 Å². The summed E-state index contributed by atoms with van der Waals surface area (Å²) in [5.41, 5.74) is 7.00. The van der Waals surface area contributed by atoms with Crippen LogP contribution in [0.5, 0.6) is 17.4 Å². The van der Waals surface area contributed by atoms with Crippen LogP contribution in [0.2, 0.25) is 5.02 Å². The summed E-state index contributed by atoms with van der Waals surface area (Å²) in [6, 6.07) is 24.7. The summed E-state index contributed by atoms with van der Waals surface area (Å²) in [6.07, 6.45) is -4.42. The van der Waals surface area contributed by atoms with E-state index in [4.69, 9.17) is 36.7 Å². The SMILES string of the molecule is NCCCOc1cc2ccccc2cc1C(=O)NCCOc1nc2ccccc2cc1C(=O)Nc1ccc(Cl)cc1O.O=C(O)C(F)(F)F. The molecule has 0 radical (unpaired) electrons. The molecule has 0 atom stereocenters. The lowest BCUT2D eigenvalue weighted by atomic mass is 10.1. The topological polar surface area (TPSA) is 173 Å². The van der Waals surface area contributed by atoms with Crippen LogP contribution < -0.4 is 25.8 Å². The van der Waals surface area contributed by atoms with Crippen molar-refractivity contribution in [3.63, 3.8) is 0 Å². The summed E-state index contributed by atoms with van der Waals surface area (Å²) in [5.74, 6) is -3.22. The van der Waals surface area contributed by atoms with Gasteiger partial charge in [-0.05, 0) is 60.1 Å². The summed E-state index contributed by atoms with van der Waals surface area (Å²) >= 11 is 5.91. The van der Waals surface area contributed by atoms with Crippen LogP contribution in [0.1, 0.15) is 27.1 Å². The second-order valence-corrected chi connectivity index (χ2v) is 10.7. The first-order chi connectivity index (χ1) is 23.4. The fraction of sp³-hybridized carbons (Fsp3) is 0.176. The number of carbonyl (C=O) groups is 3. The first kappa shape index (κ1) is 36.2. The van der Waals surface area contributed by atoms with E-state index in [9.17, 15) is 27.9 Å². The number of hydrogen-bond acceptors (Lipinski definition) is 8. The van der Waals surface area contributed by atoms with Crippen LogP contribution in [0.15, 0.2) is 84.9 Å². The number of carboxylic acids is 1. The van der Waals surface area contributed by atoms with Crippen molar-refractivity contribution in [2.24, 2.45) is 5.73 Å². The number of rotatable bonds is 11. The number of hydrogen-bond donors (Lipinski definition) is 5. The highest BCUT2D eigenvalue weighted by Gasteiger charge is 2.38. The summed E-state index contributed by atoms with van der Waals surface area (Å²) in [4.78, 5) is 39.8. The highest BCUT2D eigenvalue weighted by molar-refractivity contribution is 6.30. The zero-order chi connectivity index (χ0) is 35.6. The van der Waals surface area contributed by atoms with Crippen molar-refractivity contribution in [1.82, 2.24) is 10.3 Å². The number of aliphatic carboxylic acids is 1. The average Bonchev–Trinajstić information content (AvgIpc) is 3.07. The second kappa shape index (κ2) is 16.5. The van der Waals surface area contributed by atoms with Crippen LogP contribution in [-0.2, 0) is 4.79 Å². The van der Waals surface area contributed by atoms with Gasteiger partial charge in [-0.15, -0.1) is 0 Å². The number of carboxylic acid groups (broad SMARTS) is 1. The van der Waals surface area contributed by atoms with Gasteiger partial charge in [0.1, 0.15) is 23.7 Å². The number of ether oxygens (including phenoxy) is 2. The van der Waals surface area contributed by atoms with E-state index in [1.54, 1.807) is 18.2 Å². The van der Waals surface area contributed by atoms with Crippen LogP contribution in [0, 0.1) is 0 Å². The Kier molecular flexibility index (Phi) is 12.2. The largest absolute Gasteiger partial charge is 0.506 e. The molecule has 0 fully saturated rings. The number of aromatic nitrogens is 1. The molecule has 0 bridgehead atoms. The van der Waals surface area contributed by atoms with Gasteiger partial charge in [0, 0.05) is 16.5 Å². The molecule has 0 spiro atoms. The van der Waals surface area contributed by atoms with Gasteiger partial charge < -0.3 is 36.1 Å². The minimum atomic E-state index is -5.08. The first-order valence-corrected chi connectivity index (χ1v) is 15.0. The first-order valence-electron chi connectivity index (χ1n) is 14.6. The zero-order valence-corrected chi connectivity index (χ0v) is 26.3. The Morgan fingerprint density at radius 1 is 0.837 bits per heavy atom. The molecule has 11 nitrogen and oxygen atoms in total. The van der Waals surface area contributed by atoms with Crippen LogP contribution >= 0.6 is 11.6 Å². The lowest BCUT2D eigenvalue weighted by Crippen LogP contribution is -2.29. The number of carbonyl (C=O) groups excluding carboxylic acids is 2. The number of phenols is 1. The van der Waals surface area contributed by atoms with Gasteiger partial charge in [0.15, 0.2) is 0 Å². The van der Waals surface area contributed by atoms with Gasteiger partial charge in [-0.2, -0.15) is 13.2 Å². The molecular formula is C34H30ClF3N4O7. The maximum absolute atomic E-state index is 13.2. The Bertz CT molecular complexity index is 1970. The lowest BCUT2D eigenvalue weighted by molar-refractivity contribution is -0.192. The van der Waals surface area contributed by atoms with Crippen molar-refractivity contribution in [2.75, 3.05) is 31.6 Å². The van der Waals surface area contributed by atoms with Crippen molar-refractivity contribution >= 4 is 56.7 Å². The minimum absolute atomic E-state index is 0.0422. The van der Waals surface area contributed by atoms with Crippen LogP contribution in [0.3, 0.4) is 0 Å². The number of nitrogens with zero attached hydrogens (tertiary/aromatic N) is 1. The van der Waals surface area contributed by atoms with E-state index < -0.39 is 18.1 Å². The van der Waals surface area contributed by atoms with E-state index in [2.05, 4.69) is 15.6 Å². The van der Waals surface area contributed by atoms with E-state index in [1.165, 1.54) is 12.1 Å². The summed E-state index contributed by atoms with van der Waals surface area (Å²) < 4.78 is 43.5. The maximum atomic E-state index is 13.2. The normalized spacial score (nSPS) is 11.0. The smallest absolute Gasteiger partial charge is 0.490 e. The number of nitrogens with one attached hydrogen (secondary N) is 2. The molecule has 15 heteroatoms. The molecule has 1 aromatic heterocycles. The number of para-hydroxylation sites is 1. The maximum Gasteiger partial charge on any atom is 0.490 e. The third kappa shape index (κ3) is 9.95. The fourth-order valence-electron chi connectivity index (χ4n) is 4.36. The molecule has 6 N–H and O–H groups in total. The molecule has 49 heavy (non-hydrogen) atoms. The average molecular weight is 699 g/mol. The van der Waals surface area contributed by atoms with E-state index in [1.807, 2.05) is 54.6 Å². The van der Waals surface area contributed by atoms with Gasteiger partial charge in [-0.3, -0.25) is 9.59 Å². The van der Waals surface area contributed by atoms with Gasteiger partial charge in [0.2, 0.25) is 5.88 Å². The number of nitrogens with two attached hydrogens (primary N) is 1. The molecule has 5 rings (SSSR count). The predicted molar refractivity (Wildman–Crippen MR) is 177 cm³/mol. The number of aromatic hydroxyl groups is 1. The van der Waals surface area contributed by atoms with Crippen molar-refractivity contribution in [3.05, 3.63) is 101 Å². The molecule has 0 unspecified atom stereocenters. The Morgan fingerprint density at radius 2 is 1.47 bits per heavy atom. The van der Waals surface area contributed by atoms with E-state index in [0.29, 0.717) is 41.4 Å². The van der Waals surface area contributed by atoms with Gasteiger partial charge in [-0.1, -0.05) is 54.1 Å². The number of anilines is 1. The highest BCUT2D eigenvalue weighted by atomic mass is 35.5. The van der Waals surface area contributed by atoms with E-state index in [-0.39, 0.29) is 41.9 Å². The molecule has 0 aliphatic rings. The Morgan fingerprint density at radius 3 is 2.12 bits per heavy atom. The number of benzene rings is 4. The molecule has 1 heterocycles. The summed E-state index contributed by atoms with van der Waals surface area (Å²) in [6.45, 7) is 1.06. The number of phenolic OH excluding ortho intramolecular Hbond substituents is 1. The lowest BCUT2D eigenvalue weighted by Gasteiger charge is -2.15. The summed E-state index contributed by atoms with van der Waals surface area (Å²) in [7, 11) is 0. The number of fused-ring (bicyclic) bond motifs is 2. The van der Waals surface area contributed by atoms with Crippen molar-refractivity contribution in [2.45, 2.75) is 12.6 Å². The predicted octanol–water partition coefficient (Wildman–Crippen LogP) is 6.17. The Hall–Kier alpha value is -5.60. The molecule has 0 aliphatic heterocycles. The molecule has 0 saturated heterocycles. The number of pyridine rings is 1. The molecule has 4 aromatic carbocycles. The van der Waals surface area contributed by atoms with E-state index in [0.717, 1.165) is 16.2 Å².